The highest BCUT2D eigenvalue weighted by atomic mass is 32.1. The number of thiophene rings is 1. The van der Waals surface area contributed by atoms with Crippen molar-refractivity contribution >= 4 is 17.2 Å². The van der Waals surface area contributed by atoms with Gasteiger partial charge >= 0.3 is 0 Å². The van der Waals surface area contributed by atoms with Gasteiger partial charge in [-0.2, -0.15) is 0 Å². The Morgan fingerprint density at radius 3 is 2.74 bits per heavy atom. The van der Waals surface area contributed by atoms with Crippen LogP contribution in [0.4, 0.5) is 0 Å². The number of pyridine rings is 1. The number of carbonyl (C=O) groups excluding carboxylic acids is 1. The third kappa shape index (κ3) is 2.93. The molecule has 0 aromatic carbocycles. The summed E-state index contributed by atoms with van der Waals surface area (Å²) in [5.41, 5.74) is 1.86. The van der Waals surface area contributed by atoms with Gasteiger partial charge in [-0.15, -0.1) is 11.3 Å². The lowest BCUT2D eigenvalue weighted by molar-refractivity contribution is 0.0784. The van der Waals surface area contributed by atoms with Crippen molar-refractivity contribution < 1.29 is 4.79 Å². The van der Waals surface area contributed by atoms with Gasteiger partial charge in [-0.25, -0.2) is 0 Å². The Morgan fingerprint density at radius 2 is 2.16 bits per heavy atom. The molecule has 0 unspecified atom stereocenters. The zero-order valence-corrected chi connectivity index (χ0v) is 12.0. The van der Waals surface area contributed by atoms with Gasteiger partial charge in [0.25, 0.3) is 5.91 Å². The maximum absolute atomic E-state index is 12.2. The predicted molar refractivity (Wildman–Crippen MR) is 76.7 cm³/mol. The van der Waals surface area contributed by atoms with Gasteiger partial charge < -0.3 is 9.88 Å². The largest absolute Gasteiger partial charge is 0.364 e. The molecule has 0 fully saturated rings. The number of amides is 1. The van der Waals surface area contributed by atoms with Crippen molar-refractivity contribution in [3.8, 4) is 0 Å². The summed E-state index contributed by atoms with van der Waals surface area (Å²) < 4.78 is 0. The van der Waals surface area contributed by atoms with Gasteiger partial charge in [-0.3, -0.25) is 9.59 Å². The highest BCUT2D eigenvalue weighted by molar-refractivity contribution is 7.10. The average Bonchev–Trinajstić information content (AvgIpc) is 2.74. The molecule has 2 aromatic heterocycles. The van der Waals surface area contributed by atoms with Crippen LogP contribution >= 0.6 is 11.3 Å². The van der Waals surface area contributed by atoms with Crippen LogP contribution in [0, 0.1) is 13.8 Å². The van der Waals surface area contributed by atoms with Gasteiger partial charge in [-0.05, 0) is 30.9 Å². The van der Waals surface area contributed by atoms with Crippen LogP contribution in [-0.2, 0) is 6.54 Å². The molecule has 0 aliphatic rings. The first-order valence-corrected chi connectivity index (χ1v) is 6.85. The summed E-state index contributed by atoms with van der Waals surface area (Å²) in [4.78, 5) is 29.6. The lowest BCUT2D eigenvalue weighted by atomic mass is 10.2. The van der Waals surface area contributed by atoms with Crippen molar-refractivity contribution in [2.24, 2.45) is 0 Å². The van der Waals surface area contributed by atoms with Crippen molar-refractivity contribution in [2.45, 2.75) is 20.4 Å². The number of hydrogen-bond donors (Lipinski definition) is 1. The minimum absolute atomic E-state index is 0.183. The molecule has 0 saturated carbocycles. The number of nitrogens with one attached hydrogen (secondary N) is 1. The van der Waals surface area contributed by atoms with E-state index < -0.39 is 0 Å². The number of carbonyl (C=O) groups is 1. The Labute approximate surface area is 115 Å². The summed E-state index contributed by atoms with van der Waals surface area (Å²) in [6.45, 7) is 4.33. The van der Waals surface area contributed by atoms with Gasteiger partial charge in [0.05, 0.1) is 6.54 Å². The molecule has 4 nitrogen and oxygen atoms in total. The van der Waals surface area contributed by atoms with E-state index in [1.165, 1.54) is 17.8 Å². The molecule has 2 heterocycles. The highest BCUT2D eigenvalue weighted by Crippen LogP contribution is 2.17. The van der Waals surface area contributed by atoms with Crippen molar-refractivity contribution in [1.29, 1.82) is 0 Å². The van der Waals surface area contributed by atoms with Crippen LogP contribution < -0.4 is 5.43 Å². The second-order valence-corrected chi connectivity index (χ2v) is 5.58. The minimum Gasteiger partial charge on any atom is -0.364 e. The highest BCUT2D eigenvalue weighted by Gasteiger charge is 2.16. The normalized spacial score (nSPS) is 10.5. The average molecular weight is 276 g/mol. The Hall–Kier alpha value is -1.88. The van der Waals surface area contributed by atoms with E-state index in [0.29, 0.717) is 6.54 Å². The smallest absolute Gasteiger partial charge is 0.259 e. The number of aryl methyl sites for hydroxylation is 2. The SMILES string of the molecule is Cc1cc(=O)c(C(=O)N(C)Cc2sccc2C)c[nH]1. The standard InChI is InChI=1S/C14H16N2O2S/c1-9-4-5-19-13(9)8-16(3)14(18)11-7-15-10(2)6-12(11)17/h4-7H,8H2,1-3H3,(H,15,17). The van der Waals surface area contributed by atoms with Crippen LogP contribution in [0.1, 0.15) is 26.5 Å². The van der Waals surface area contributed by atoms with Gasteiger partial charge in [0, 0.05) is 29.9 Å². The first-order chi connectivity index (χ1) is 8.99. The fraction of sp³-hybridized carbons (Fsp3) is 0.286. The van der Waals surface area contributed by atoms with Crippen LogP contribution in [0.2, 0.25) is 0 Å². The number of nitrogens with zero attached hydrogens (tertiary/aromatic N) is 1. The Morgan fingerprint density at radius 1 is 1.42 bits per heavy atom. The Bertz CT molecular complexity index is 657. The summed E-state index contributed by atoms with van der Waals surface area (Å²) in [6.07, 6.45) is 1.48. The summed E-state index contributed by atoms with van der Waals surface area (Å²) in [6, 6.07) is 3.47. The summed E-state index contributed by atoms with van der Waals surface area (Å²) >= 11 is 1.62. The molecule has 100 valence electrons. The zero-order chi connectivity index (χ0) is 14.0. The molecule has 0 spiro atoms. The first kappa shape index (κ1) is 13.5. The lowest BCUT2D eigenvalue weighted by Gasteiger charge is -2.16. The van der Waals surface area contributed by atoms with Gasteiger partial charge in [0.1, 0.15) is 5.56 Å². The van der Waals surface area contributed by atoms with E-state index in [9.17, 15) is 9.59 Å². The fourth-order valence-electron chi connectivity index (χ4n) is 1.80. The summed E-state index contributed by atoms with van der Waals surface area (Å²) in [5.74, 6) is -0.256. The van der Waals surface area contributed by atoms with Crippen LogP contribution in [0.5, 0.6) is 0 Å². The molecule has 0 aliphatic carbocycles. The predicted octanol–water partition coefficient (Wildman–Crippen LogP) is 2.33. The van der Waals surface area contributed by atoms with Gasteiger partial charge in [0.15, 0.2) is 5.43 Å². The number of hydrogen-bond acceptors (Lipinski definition) is 3. The van der Waals surface area contributed by atoms with E-state index in [0.717, 1.165) is 10.6 Å². The third-order valence-corrected chi connectivity index (χ3v) is 3.99. The van der Waals surface area contributed by atoms with Crippen molar-refractivity contribution in [3.63, 3.8) is 0 Å². The Kier molecular flexibility index (Phi) is 3.85. The first-order valence-electron chi connectivity index (χ1n) is 5.97. The molecular weight excluding hydrogens is 260 g/mol. The molecule has 5 heteroatoms. The van der Waals surface area contributed by atoms with Crippen LogP contribution in [0.3, 0.4) is 0 Å². The molecule has 0 aliphatic heterocycles. The molecule has 0 atom stereocenters. The van der Waals surface area contributed by atoms with Crippen molar-refractivity contribution in [3.05, 3.63) is 55.6 Å². The molecule has 1 N–H and O–H groups in total. The quantitative estimate of drug-likeness (QED) is 0.935. The maximum Gasteiger partial charge on any atom is 0.259 e. The Balaban J connectivity index is 2.20. The van der Waals surface area contributed by atoms with E-state index in [2.05, 4.69) is 4.98 Å². The van der Waals surface area contributed by atoms with Crippen molar-refractivity contribution in [1.82, 2.24) is 9.88 Å². The number of H-pyrrole nitrogens is 1. The fourth-order valence-corrected chi connectivity index (χ4v) is 2.76. The summed E-state index contributed by atoms with van der Waals surface area (Å²) in [7, 11) is 1.71. The van der Waals surface area contributed by atoms with Gasteiger partial charge in [-0.1, -0.05) is 0 Å². The van der Waals surface area contributed by atoms with Gasteiger partial charge in [0.2, 0.25) is 0 Å². The van der Waals surface area contributed by atoms with E-state index in [1.54, 1.807) is 30.2 Å². The number of aromatic nitrogens is 1. The van der Waals surface area contributed by atoms with E-state index >= 15 is 0 Å². The van der Waals surface area contributed by atoms with Crippen LogP contribution in [-0.4, -0.2) is 22.8 Å². The summed E-state index contributed by atoms with van der Waals surface area (Å²) in [5, 5.41) is 2.00. The second kappa shape index (κ2) is 5.40. The second-order valence-electron chi connectivity index (χ2n) is 4.58. The van der Waals surface area contributed by atoms with E-state index in [1.807, 2.05) is 18.4 Å². The lowest BCUT2D eigenvalue weighted by Crippen LogP contribution is -2.30. The van der Waals surface area contributed by atoms with Crippen LogP contribution in [0.15, 0.2) is 28.5 Å². The molecule has 19 heavy (non-hydrogen) atoms. The molecular formula is C14H16N2O2S. The molecule has 2 aromatic rings. The molecule has 0 saturated heterocycles. The van der Waals surface area contributed by atoms with Crippen LogP contribution in [0.25, 0.3) is 0 Å². The minimum atomic E-state index is -0.256. The molecule has 0 radical (unpaired) electrons. The molecule has 1 amide bonds. The number of rotatable bonds is 3. The monoisotopic (exact) mass is 276 g/mol. The van der Waals surface area contributed by atoms with E-state index in [4.69, 9.17) is 0 Å². The molecule has 0 bridgehead atoms. The zero-order valence-electron chi connectivity index (χ0n) is 11.2. The van der Waals surface area contributed by atoms with Crippen molar-refractivity contribution in [2.75, 3.05) is 7.05 Å². The third-order valence-electron chi connectivity index (χ3n) is 2.98. The topological polar surface area (TPSA) is 53.2 Å². The maximum atomic E-state index is 12.2. The molecule has 2 rings (SSSR count). The van der Waals surface area contributed by atoms with E-state index in [-0.39, 0.29) is 16.9 Å². The number of aromatic amines is 1.